The summed E-state index contributed by atoms with van der Waals surface area (Å²) in [6.45, 7) is 6.06. The average Bonchev–Trinajstić information content (AvgIpc) is 2.58. The van der Waals surface area contributed by atoms with Crippen LogP contribution in [0.4, 0.5) is 0 Å². The highest BCUT2D eigenvalue weighted by Crippen LogP contribution is 2.21. The third-order valence-corrected chi connectivity index (χ3v) is 4.90. The van der Waals surface area contributed by atoms with Gasteiger partial charge in [0.2, 0.25) is 0 Å². The zero-order chi connectivity index (χ0) is 12.8. The molecular weight excluding hydrogens is 252 g/mol. The minimum Gasteiger partial charge on any atom is -0.293 e. The van der Waals surface area contributed by atoms with Crippen molar-refractivity contribution in [1.82, 2.24) is 0 Å². The Morgan fingerprint density at radius 2 is 2.06 bits per heavy atom. The van der Waals surface area contributed by atoms with Crippen molar-refractivity contribution in [2.24, 2.45) is 0 Å². The molecule has 0 fully saturated rings. The van der Waals surface area contributed by atoms with Crippen LogP contribution in [0.2, 0.25) is 0 Å². The van der Waals surface area contributed by atoms with Crippen molar-refractivity contribution >= 4 is 27.9 Å². The maximum Gasteiger partial charge on any atom is 0.176 e. The maximum absolute atomic E-state index is 11.9. The Bertz CT molecular complexity index is 408. The molecule has 1 rings (SSSR count). The highest BCUT2D eigenvalue weighted by atomic mass is 32.2. The van der Waals surface area contributed by atoms with E-state index in [0.29, 0.717) is 5.75 Å². The number of hydrogen-bond acceptors (Lipinski definition) is 3. The monoisotopic (exact) mass is 272 g/mol. The lowest BCUT2D eigenvalue weighted by atomic mass is 10.2. The molecule has 0 spiro atoms. The van der Waals surface area contributed by atoms with E-state index in [2.05, 4.69) is 6.92 Å². The molecule has 0 radical (unpaired) electrons. The Morgan fingerprint density at radius 3 is 2.59 bits per heavy atom. The van der Waals surface area contributed by atoms with Crippen LogP contribution in [-0.2, 0) is 10.8 Å². The van der Waals surface area contributed by atoms with Gasteiger partial charge < -0.3 is 0 Å². The van der Waals surface area contributed by atoms with Crippen LogP contribution in [0.1, 0.15) is 46.3 Å². The smallest absolute Gasteiger partial charge is 0.176 e. The number of thiophene rings is 1. The van der Waals surface area contributed by atoms with Crippen molar-refractivity contribution in [2.75, 3.05) is 11.5 Å². The fraction of sp³-hybridized carbons (Fsp3) is 0.615. The molecule has 4 heteroatoms. The minimum atomic E-state index is -0.996. The van der Waals surface area contributed by atoms with E-state index < -0.39 is 10.8 Å². The Morgan fingerprint density at radius 1 is 1.35 bits per heavy atom. The molecule has 1 atom stereocenters. The number of aryl methyl sites for hydroxylation is 2. The third-order valence-electron chi connectivity index (χ3n) is 2.61. The Hall–Kier alpha value is -0.480. The molecule has 1 unspecified atom stereocenters. The minimum absolute atomic E-state index is 0.0293. The van der Waals surface area contributed by atoms with Crippen LogP contribution < -0.4 is 0 Å². The molecule has 0 N–H and O–H groups in total. The summed E-state index contributed by atoms with van der Waals surface area (Å²) in [7, 11) is -0.996. The van der Waals surface area contributed by atoms with Crippen molar-refractivity contribution in [3.8, 4) is 0 Å². The van der Waals surface area contributed by atoms with Crippen molar-refractivity contribution in [2.45, 2.75) is 40.0 Å². The predicted molar refractivity (Wildman–Crippen MR) is 75.5 cm³/mol. The van der Waals surface area contributed by atoms with E-state index in [1.54, 1.807) is 11.3 Å². The summed E-state index contributed by atoms with van der Waals surface area (Å²) < 4.78 is 11.7. The zero-order valence-electron chi connectivity index (χ0n) is 10.7. The first-order valence-corrected chi connectivity index (χ1v) is 8.30. The van der Waals surface area contributed by atoms with E-state index >= 15 is 0 Å². The van der Waals surface area contributed by atoms with Crippen LogP contribution in [0.15, 0.2) is 6.07 Å². The summed E-state index contributed by atoms with van der Waals surface area (Å²) in [4.78, 5) is 14.1. The van der Waals surface area contributed by atoms with Gasteiger partial charge in [-0.3, -0.25) is 9.00 Å². The van der Waals surface area contributed by atoms with Gasteiger partial charge in [0, 0.05) is 31.9 Å². The molecule has 1 aromatic heterocycles. The molecule has 0 saturated heterocycles. The van der Waals surface area contributed by atoms with E-state index in [4.69, 9.17) is 0 Å². The maximum atomic E-state index is 11.9. The summed E-state index contributed by atoms with van der Waals surface area (Å²) >= 11 is 1.63. The molecule has 1 aromatic rings. The molecule has 1 heterocycles. The lowest BCUT2D eigenvalue weighted by Gasteiger charge is -2.01. The van der Waals surface area contributed by atoms with E-state index in [1.165, 1.54) is 0 Å². The second-order valence-corrected chi connectivity index (χ2v) is 7.28. The van der Waals surface area contributed by atoms with Gasteiger partial charge in [-0.05, 0) is 26.3 Å². The molecule has 0 saturated carbocycles. The number of Topliss-reactive ketones (excluding diaryl/α,β-unsaturated/α-hetero) is 1. The molecule has 0 aliphatic carbocycles. The van der Waals surface area contributed by atoms with Crippen molar-refractivity contribution in [1.29, 1.82) is 0 Å². The molecule has 0 aliphatic rings. The molecule has 96 valence electrons. The largest absolute Gasteiger partial charge is 0.293 e. The van der Waals surface area contributed by atoms with Gasteiger partial charge in [0.1, 0.15) is 0 Å². The standard InChI is InChI=1S/C13H20O2S2/c1-4-5-6-7-17(15)9-13(14)12-8-10(2)16-11(12)3/h8H,4-7,9H2,1-3H3. The topological polar surface area (TPSA) is 34.1 Å². The predicted octanol–water partition coefficient (Wildman–Crippen LogP) is 3.49. The van der Waals surface area contributed by atoms with Gasteiger partial charge in [-0.2, -0.15) is 0 Å². The van der Waals surface area contributed by atoms with Crippen LogP contribution in [-0.4, -0.2) is 21.5 Å². The third kappa shape index (κ3) is 4.72. The summed E-state index contributed by atoms with van der Waals surface area (Å²) in [5.74, 6) is 0.865. The molecule has 0 bridgehead atoms. The van der Waals surface area contributed by atoms with Crippen LogP contribution in [0.5, 0.6) is 0 Å². The number of unbranched alkanes of at least 4 members (excludes halogenated alkanes) is 2. The van der Waals surface area contributed by atoms with Crippen molar-refractivity contribution < 1.29 is 9.00 Å². The fourth-order valence-electron chi connectivity index (χ4n) is 1.72. The molecule has 0 aromatic carbocycles. The number of hydrogen-bond donors (Lipinski definition) is 0. The second-order valence-electron chi connectivity index (χ2n) is 4.25. The van der Waals surface area contributed by atoms with E-state index in [9.17, 15) is 9.00 Å². The lowest BCUT2D eigenvalue weighted by molar-refractivity contribution is 0.102. The van der Waals surface area contributed by atoms with Crippen molar-refractivity contribution in [3.63, 3.8) is 0 Å². The first kappa shape index (κ1) is 14.6. The van der Waals surface area contributed by atoms with Crippen LogP contribution in [0.25, 0.3) is 0 Å². The van der Waals surface area contributed by atoms with Gasteiger partial charge in [0.25, 0.3) is 0 Å². The molecule has 17 heavy (non-hydrogen) atoms. The van der Waals surface area contributed by atoms with Gasteiger partial charge in [-0.15, -0.1) is 11.3 Å². The number of ketones is 1. The van der Waals surface area contributed by atoms with Gasteiger partial charge in [0.05, 0.1) is 5.75 Å². The summed E-state index contributed by atoms with van der Waals surface area (Å²) in [5, 5.41) is 0. The molecule has 0 aliphatic heterocycles. The first-order chi connectivity index (χ1) is 8.04. The Kier molecular flexibility index (Phi) is 6.06. The number of rotatable bonds is 7. The average molecular weight is 272 g/mol. The highest BCUT2D eigenvalue weighted by Gasteiger charge is 2.14. The van der Waals surface area contributed by atoms with Crippen molar-refractivity contribution in [3.05, 3.63) is 21.4 Å². The summed E-state index contributed by atoms with van der Waals surface area (Å²) in [6, 6.07) is 1.91. The first-order valence-electron chi connectivity index (χ1n) is 5.99. The Balaban J connectivity index is 2.49. The summed E-state index contributed by atoms with van der Waals surface area (Å²) in [6.07, 6.45) is 3.17. The van der Waals surface area contributed by atoms with E-state index in [1.807, 2.05) is 19.9 Å². The normalized spacial score (nSPS) is 12.6. The van der Waals surface area contributed by atoms with Gasteiger partial charge in [-0.25, -0.2) is 0 Å². The number of carbonyl (C=O) groups is 1. The van der Waals surface area contributed by atoms with E-state index in [0.717, 1.165) is 34.6 Å². The van der Waals surface area contributed by atoms with Gasteiger partial charge in [-0.1, -0.05) is 19.8 Å². The van der Waals surface area contributed by atoms with E-state index in [-0.39, 0.29) is 11.5 Å². The molecule has 2 nitrogen and oxygen atoms in total. The van der Waals surface area contributed by atoms with Crippen LogP contribution >= 0.6 is 11.3 Å². The molecule has 0 amide bonds. The highest BCUT2D eigenvalue weighted by molar-refractivity contribution is 7.85. The molecular formula is C13H20O2S2. The SMILES string of the molecule is CCCCCS(=O)CC(=O)c1cc(C)sc1C. The summed E-state index contributed by atoms with van der Waals surface area (Å²) in [5.41, 5.74) is 0.761. The second kappa shape index (κ2) is 7.07. The zero-order valence-corrected chi connectivity index (χ0v) is 12.4. The Labute approximate surface area is 110 Å². The quantitative estimate of drug-likeness (QED) is 0.562. The fourth-order valence-corrected chi connectivity index (χ4v) is 3.78. The van der Waals surface area contributed by atoms with Crippen LogP contribution in [0.3, 0.4) is 0 Å². The van der Waals surface area contributed by atoms with Crippen LogP contribution in [0, 0.1) is 13.8 Å². The van der Waals surface area contributed by atoms with Gasteiger partial charge >= 0.3 is 0 Å². The number of carbonyl (C=O) groups excluding carboxylic acids is 1. The lowest BCUT2D eigenvalue weighted by Crippen LogP contribution is -2.13. The van der Waals surface area contributed by atoms with Gasteiger partial charge in [0.15, 0.2) is 5.78 Å².